The fraction of sp³-hybridized carbons (Fsp3) is 0.353. The van der Waals surface area contributed by atoms with Crippen molar-refractivity contribution in [1.29, 1.82) is 0 Å². The molecule has 0 unspecified atom stereocenters. The Labute approximate surface area is 140 Å². The van der Waals surface area contributed by atoms with Crippen molar-refractivity contribution >= 4 is 6.03 Å². The number of carbonyl (C=O) groups excluding carboxylic acids is 1. The van der Waals surface area contributed by atoms with E-state index in [9.17, 15) is 4.79 Å². The van der Waals surface area contributed by atoms with Crippen molar-refractivity contribution < 1.29 is 9.63 Å². The molecule has 0 spiro atoms. The minimum atomic E-state index is -0.0888. The van der Waals surface area contributed by atoms with Crippen LogP contribution in [-0.4, -0.2) is 49.6 Å². The highest BCUT2D eigenvalue weighted by molar-refractivity contribution is 5.78. The molecule has 7 nitrogen and oxygen atoms in total. The summed E-state index contributed by atoms with van der Waals surface area (Å²) >= 11 is 0. The number of amides is 2. The normalized spacial score (nSPS) is 22.9. The summed E-state index contributed by atoms with van der Waals surface area (Å²) in [6.07, 6.45) is 5.57. The predicted molar refractivity (Wildman–Crippen MR) is 86.5 cm³/mol. The van der Waals surface area contributed by atoms with Gasteiger partial charge in [0.2, 0.25) is 0 Å². The van der Waals surface area contributed by atoms with Gasteiger partial charge in [-0.2, -0.15) is 5.06 Å². The highest BCUT2D eigenvalue weighted by atomic mass is 16.7. The van der Waals surface area contributed by atoms with Crippen LogP contribution < -0.4 is 0 Å². The Morgan fingerprint density at radius 2 is 2.12 bits per heavy atom. The maximum Gasteiger partial charge on any atom is 0.345 e. The van der Waals surface area contributed by atoms with E-state index in [-0.39, 0.29) is 18.1 Å². The zero-order valence-corrected chi connectivity index (χ0v) is 13.4. The van der Waals surface area contributed by atoms with Gasteiger partial charge in [-0.1, -0.05) is 47.2 Å². The maximum atomic E-state index is 12.7. The third-order valence-corrected chi connectivity index (χ3v) is 4.52. The molecule has 2 aromatic rings. The van der Waals surface area contributed by atoms with Crippen molar-refractivity contribution in [1.82, 2.24) is 25.0 Å². The standard InChI is InChI=1S/C17H19N5O2/c1-13-9-15-10-21(16(13)11-20-8-7-18-19-20)17(23)22(15)24-12-14-5-3-2-4-6-14/h2-9,15-16H,10-12H2,1H3/t15-,16-/m1/s1. The molecule has 1 fully saturated rings. The molecule has 0 aliphatic carbocycles. The molecule has 2 amide bonds. The number of nitrogens with zero attached hydrogens (tertiary/aromatic N) is 5. The minimum absolute atomic E-state index is 0.0132. The monoisotopic (exact) mass is 325 g/mol. The Morgan fingerprint density at radius 3 is 2.88 bits per heavy atom. The molecule has 124 valence electrons. The van der Waals surface area contributed by atoms with E-state index in [0.29, 0.717) is 19.7 Å². The lowest BCUT2D eigenvalue weighted by molar-refractivity contribution is -0.131. The van der Waals surface area contributed by atoms with Gasteiger partial charge in [0.05, 0.1) is 24.8 Å². The molecule has 3 heterocycles. The molecule has 2 aliphatic heterocycles. The van der Waals surface area contributed by atoms with Gasteiger partial charge in [-0.25, -0.2) is 4.79 Å². The van der Waals surface area contributed by atoms with Crippen LogP contribution in [0.25, 0.3) is 0 Å². The van der Waals surface area contributed by atoms with Crippen LogP contribution in [0.3, 0.4) is 0 Å². The van der Waals surface area contributed by atoms with Gasteiger partial charge in [-0.3, -0.25) is 9.52 Å². The SMILES string of the molecule is CC1=C[C@@H]2CN(C(=O)N2OCc2ccccc2)[C@@H]1Cn1ccnn1. The molecule has 2 atom stereocenters. The van der Waals surface area contributed by atoms with E-state index >= 15 is 0 Å². The van der Waals surface area contributed by atoms with Gasteiger partial charge in [-0.05, 0) is 12.5 Å². The van der Waals surface area contributed by atoms with E-state index in [1.54, 1.807) is 10.9 Å². The molecular formula is C17H19N5O2. The molecular weight excluding hydrogens is 306 g/mol. The first kappa shape index (κ1) is 14.9. The van der Waals surface area contributed by atoms with Gasteiger partial charge >= 0.3 is 6.03 Å². The van der Waals surface area contributed by atoms with Crippen LogP contribution >= 0.6 is 0 Å². The summed E-state index contributed by atoms with van der Waals surface area (Å²) in [5, 5.41) is 9.33. The molecule has 4 rings (SSSR count). The number of hydrogen-bond acceptors (Lipinski definition) is 4. The second kappa shape index (κ2) is 6.09. The summed E-state index contributed by atoms with van der Waals surface area (Å²) in [4.78, 5) is 20.4. The van der Waals surface area contributed by atoms with Crippen molar-refractivity contribution in [2.75, 3.05) is 6.54 Å². The van der Waals surface area contributed by atoms with E-state index in [0.717, 1.165) is 11.1 Å². The van der Waals surface area contributed by atoms with E-state index in [1.165, 1.54) is 5.06 Å². The summed E-state index contributed by atoms with van der Waals surface area (Å²) in [6.45, 7) is 3.68. The average molecular weight is 325 g/mol. The maximum absolute atomic E-state index is 12.7. The number of fused-ring (bicyclic) bond motifs is 2. The third-order valence-electron chi connectivity index (χ3n) is 4.52. The Bertz CT molecular complexity index is 744. The summed E-state index contributed by atoms with van der Waals surface area (Å²) in [6, 6.07) is 9.73. The van der Waals surface area contributed by atoms with Crippen LogP contribution in [0.2, 0.25) is 0 Å². The largest absolute Gasteiger partial charge is 0.345 e. The van der Waals surface area contributed by atoms with Gasteiger partial charge in [0.25, 0.3) is 0 Å². The second-order valence-electron chi connectivity index (χ2n) is 6.14. The highest BCUT2D eigenvalue weighted by Crippen LogP contribution is 2.30. The number of rotatable bonds is 5. The number of benzene rings is 1. The van der Waals surface area contributed by atoms with Crippen LogP contribution in [0.4, 0.5) is 4.79 Å². The zero-order valence-electron chi connectivity index (χ0n) is 13.4. The molecule has 1 aromatic carbocycles. The lowest BCUT2D eigenvalue weighted by Gasteiger charge is -2.29. The Balaban J connectivity index is 1.48. The average Bonchev–Trinajstić information content (AvgIpc) is 3.18. The van der Waals surface area contributed by atoms with Crippen LogP contribution in [0.5, 0.6) is 0 Å². The number of aromatic nitrogens is 3. The van der Waals surface area contributed by atoms with Crippen molar-refractivity contribution in [3.05, 3.63) is 59.9 Å². The van der Waals surface area contributed by atoms with E-state index in [2.05, 4.69) is 23.3 Å². The summed E-state index contributed by atoms with van der Waals surface area (Å²) in [5.74, 6) is 0. The third kappa shape index (κ3) is 2.67. The second-order valence-corrected chi connectivity index (χ2v) is 6.14. The number of hydroxylamine groups is 2. The number of hydrogen-bond donors (Lipinski definition) is 0. The first-order valence-electron chi connectivity index (χ1n) is 8.01. The molecule has 7 heteroatoms. The Hall–Kier alpha value is -2.67. The van der Waals surface area contributed by atoms with Gasteiger partial charge in [-0.15, -0.1) is 5.10 Å². The van der Waals surface area contributed by atoms with Crippen molar-refractivity contribution in [3.63, 3.8) is 0 Å². The molecule has 2 aliphatic rings. The Morgan fingerprint density at radius 1 is 1.29 bits per heavy atom. The number of urea groups is 1. The van der Waals surface area contributed by atoms with Crippen molar-refractivity contribution in [3.8, 4) is 0 Å². The molecule has 0 N–H and O–H groups in total. The van der Waals surface area contributed by atoms with Gasteiger partial charge in [0.1, 0.15) is 6.61 Å². The van der Waals surface area contributed by atoms with Crippen LogP contribution in [0, 0.1) is 0 Å². The van der Waals surface area contributed by atoms with Gasteiger partial charge in [0.15, 0.2) is 0 Å². The minimum Gasteiger partial charge on any atom is -0.312 e. The molecule has 0 saturated carbocycles. The number of carbonyl (C=O) groups is 1. The molecule has 0 radical (unpaired) electrons. The topological polar surface area (TPSA) is 63.5 Å². The molecule has 1 saturated heterocycles. The highest BCUT2D eigenvalue weighted by Gasteiger charge is 2.45. The van der Waals surface area contributed by atoms with Gasteiger partial charge in [0, 0.05) is 12.7 Å². The fourth-order valence-corrected chi connectivity index (χ4v) is 3.28. The van der Waals surface area contributed by atoms with Crippen molar-refractivity contribution in [2.24, 2.45) is 0 Å². The van der Waals surface area contributed by atoms with Crippen LogP contribution in [0.1, 0.15) is 12.5 Å². The van der Waals surface area contributed by atoms with Crippen LogP contribution in [-0.2, 0) is 18.0 Å². The predicted octanol–water partition coefficient (Wildman–Crippen LogP) is 1.84. The van der Waals surface area contributed by atoms with E-state index in [4.69, 9.17) is 4.84 Å². The molecule has 1 aromatic heterocycles. The summed E-state index contributed by atoms with van der Waals surface area (Å²) < 4.78 is 1.75. The molecule has 24 heavy (non-hydrogen) atoms. The van der Waals surface area contributed by atoms with Gasteiger partial charge < -0.3 is 4.90 Å². The quantitative estimate of drug-likeness (QED) is 0.787. The summed E-state index contributed by atoms with van der Waals surface area (Å²) in [5.41, 5.74) is 2.20. The lowest BCUT2D eigenvalue weighted by Crippen LogP contribution is -2.42. The fourth-order valence-electron chi connectivity index (χ4n) is 3.28. The lowest BCUT2D eigenvalue weighted by atomic mass is 10.0. The van der Waals surface area contributed by atoms with E-state index in [1.807, 2.05) is 41.4 Å². The van der Waals surface area contributed by atoms with Crippen LogP contribution in [0.15, 0.2) is 54.4 Å². The molecule has 2 bridgehead atoms. The smallest absolute Gasteiger partial charge is 0.312 e. The Kier molecular flexibility index (Phi) is 3.78. The first-order valence-corrected chi connectivity index (χ1v) is 8.01. The summed E-state index contributed by atoms with van der Waals surface area (Å²) in [7, 11) is 0. The van der Waals surface area contributed by atoms with Crippen molar-refractivity contribution in [2.45, 2.75) is 32.2 Å². The first-order chi connectivity index (χ1) is 11.7. The zero-order chi connectivity index (χ0) is 16.5. The van der Waals surface area contributed by atoms with E-state index < -0.39 is 0 Å².